The van der Waals surface area contributed by atoms with Gasteiger partial charge in [0.25, 0.3) is 0 Å². The van der Waals surface area contributed by atoms with Crippen LogP contribution >= 0.6 is 12.4 Å². The van der Waals surface area contributed by atoms with Gasteiger partial charge in [-0.15, -0.1) is 12.4 Å². The van der Waals surface area contributed by atoms with Gasteiger partial charge in [0.15, 0.2) is 15.5 Å². The number of hydrogen-bond donors (Lipinski definition) is 1. The number of halogens is 1. The van der Waals surface area contributed by atoms with Crippen molar-refractivity contribution in [3.63, 3.8) is 0 Å². The number of nitriles is 1. The number of benzene rings is 2. The highest BCUT2D eigenvalue weighted by atomic mass is 35.5. The standard InChI is InChI=1S/C18H16N4O2S.ClH/c1-20-14-5-7-16(8-6-14)22-18(11-15(12-19)21-22)13-3-9-17(10-4-13)25(2,23)24;/h3-11,20H,1-2H3;1H. The molecular formula is C18H17ClN4O2S. The van der Waals surface area contributed by atoms with Crippen LogP contribution in [0.1, 0.15) is 5.69 Å². The second kappa shape index (κ2) is 7.60. The summed E-state index contributed by atoms with van der Waals surface area (Å²) in [5.74, 6) is 0. The largest absolute Gasteiger partial charge is 0.388 e. The maximum absolute atomic E-state index is 11.6. The zero-order valence-corrected chi connectivity index (χ0v) is 15.8. The highest BCUT2D eigenvalue weighted by Gasteiger charge is 2.13. The van der Waals surface area contributed by atoms with Crippen LogP contribution in [-0.4, -0.2) is 31.5 Å². The van der Waals surface area contributed by atoms with Gasteiger partial charge in [0.05, 0.1) is 16.3 Å². The molecule has 2 aromatic carbocycles. The van der Waals surface area contributed by atoms with Gasteiger partial charge < -0.3 is 5.32 Å². The average Bonchev–Trinajstić information content (AvgIpc) is 3.05. The lowest BCUT2D eigenvalue weighted by molar-refractivity contribution is 0.602. The topological polar surface area (TPSA) is 87.8 Å². The fourth-order valence-electron chi connectivity index (χ4n) is 2.48. The van der Waals surface area contributed by atoms with Gasteiger partial charge in [0, 0.05) is 30.6 Å². The predicted octanol–water partition coefficient (Wildman–Crippen LogP) is 3.28. The van der Waals surface area contributed by atoms with Crippen molar-refractivity contribution in [1.29, 1.82) is 5.26 Å². The quantitative estimate of drug-likeness (QED) is 0.741. The molecular weight excluding hydrogens is 372 g/mol. The minimum Gasteiger partial charge on any atom is -0.388 e. The lowest BCUT2D eigenvalue weighted by Gasteiger charge is -2.09. The average molecular weight is 389 g/mol. The molecule has 134 valence electrons. The van der Waals surface area contributed by atoms with E-state index in [2.05, 4.69) is 10.4 Å². The highest BCUT2D eigenvalue weighted by Crippen LogP contribution is 2.26. The van der Waals surface area contributed by atoms with Gasteiger partial charge in [-0.2, -0.15) is 10.4 Å². The molecule has 0 unspecified atom stereocenters. The summed E-state index contributed by atoms with van der Waals surface area (Å²) in [4.78, 5) is 0.251. The van der Waals surface area contributed by atoms with E-state index >= 15 is 0 Å². The van der Waals surface area contributed by atoms with E-state index in [-0.39, 0.29) is 17.3 Å². The maximum atomic E-state index is 11.6. The Bertz CT molecular complexity index is 1050. The van der Waals surface area contributed by atoms with Crippen molar-refractivity contribution in [2.75, 3.05) is 18.6 Å². The minimum absolute atomic E-state index is 0. The van der Waals surface area contributed by atoms with Crippen LogP contribution in [0.5, 0.6) is 0 Å². The van der Waals surface area contributed by atoms with Crippen LogP contribution in [-0.2, 0) is 9.84 Å². The van der Waals surface area contributed by atoms with Gasteiger partial charge in [0.1, 0.15) is 6.07 Å². The summed E-state index contributed by atoms with van der Waals surface area (Å²) >= 11 is 0. The van der Waals surface area contributed by atoms with E-state index in [1.165, 1.54) is 6.26 Å². The third-order valence-corrected chi connectivity index (χ3v) is 4.93. The molecule has 0 saturated heterocycles. The van der Waals surface area contributed by atoms with Gasteiger partial charge in [-0.1, -0.05) is 12.1 Å². The lowest BCUT2D eigenvalue weighted by Crippen LogP contribution is -2.00. The number of nitrogens with one attached hydrogen (secondary N) is 1. The SMILES string of the molecule is CNc1ccc(-n2nc(C#N)cc2-c2ccc(S(C)(=O)=O)cc2)cc1.Cl. The van der Waals surface area contributed by atoms with Crippen LogP contribution in [0.2, 0.25) is 0 Å². The lowest BCUT2D eigenvalue weighted by atomic mass is 10.1. The summed E-state index contributed by atoms with van der Waals surface area (Å²) in [6.07, 6.45) is 1.17. The first-order valence-corrected chi connectivity index (χ1v) is 9.40. The number of anilines is 1. The summed E-state index contributed by atoms with van der Waals surface area (Å²) in [6, 6.07) is 17.9. The number of hydrogen-bond acceptors (Lipinski definition) is 5. The third kappa shape index (κ3) is 3.87. The van der Waals surface area contributed by atoms with E-state index in [1.54, 1.807) is 35.0 Å². The summed E-state index contributed by atoms with van der Waals surface area (Å²) < 4.78 is 24.9. The van der Waals surface area contributed by atoms with Crippen LogP contribution in [0.15, 0.2) is 59.5 Å². The molecule has 0 aliphatic heterocycles. The van der Waals surface area contributed by atoms with Crippen LogP contribution in [0.3, 0.4) is 0 Å². The van der Waals surface area contributed by atoms with Gasteiger partial charge in [-0.25, -0.2) is 13.1 Å². The Morgan fingerprint density at radius 1 is 1.08 bits per heavy atom. The smallest absolute Gasteiger partial charge is 0.175 e. The summed E-state index contributed by atoms with van der Waals surface area (Å²) in [6.45, 7) is 0. The number of aromatic nitrogens is 2. The first kappa shape index (κ1) is 19.5. The number of sulfone groups is 1. The maximum Gasteiger partial charge on any atom is 0.175 e. The molecule has 0 radical (unpaired) electrons. The molecule has 8 heteroatoms. The Balaban J connectivity index is 0.00000243. The monoisotopic (exact) mass is 388 g/mol. The molecule has 1 aromatic heterocycles. The molecule has 26 heavy (non-hydrogen) atoms. The van der Waals surface area contributed by atoms with E-state index in [9.17, 15) is 13.7 Å². The Morgan fingerprint density at radius 3 is 2.19 bits per heavy atom. The fraction of sp³-hybridized carbons (Fsp3) is 0.111. The predicted molar refractivity (Wildman–Crippen MR) is 104 cm³/mol. The highest BCUT2D eigenvalue weighted by molar-refractivity contribution is 7.90. The van der Waals surface area contributed by atoms with E-state index in [1.807, 2.05) is 37.4 Å². The Kier molecular flexibility index (Phi) is 5.70. The van der Waals surface area contributed by atoms with Gasteiger partial charge in [-0.05, 0) is 36.4 Å². The van der Waals surface area contributed by atoms with Crippen LogP contribution < -0.4 is 5.32 Å². The molecule has 0 atom stereocenters. The van der Waals surface area contributed by atoms with Gasteiger partial charge >= 0.3 is 0 Å². The second-order valence-corrected chi connectivity index (χ2v) is 7.55. The van der Waals surface area contributed by atoms with E-state index in [0.717, 1.165) is 16.9 Å². The summed E-state index contributed by atoms with van der Waals surface area (Å²) in [7, 11) is -1.41. The van der Waals surface area contributed by atoms with Gasteiger partial charge in [-0.3, -0.25) is 0 Å². The molecule has 0 saturated carbocycles. The van der Waals surface area contributed by atoms with Gasteiger partial charge in [0.2, 0.25) is 0 Å². The Morgan fingerprint density at radius 2 is 1.69 bits per heavy atom. The van der Waals surface area contributed by atoms with Crippen molar-refractivity contribution in [3.8, 4) is 23.0 Å². The zero-order chi connectivity index (χ0) is 18.0. The van der Waals surface area contributed by atoms with E-state index in [0.29, 0.717) is 11.4 Å². The zero-order valence-electron chi connectivity index (χ0n) is 14.2. The van der Waals surface area contributed by atoms with Crippen molar-refractivity contribution >= 4 is 27.9 Å². The Labute approximate surface area is 158 Å². The van der Waals surface area contributed by atoms with Crippen molar-refractivity contribution < 1.29 is 8.42 Å². The first-order chi connectivity index (χ1) is 11.9. The van der Waals surface area contributed by atoms with E-state index in [4.69, 9.17) is 0 Å². The van der Waals surface area contributed by atoms with Crippen molar-refractivity contribution in [2.24, 2.45) is 0 Å². The normalized spacial score (nSPS) is 10.7. The minimum atomic E-state index is -3.25. The molecule has 0 spiro atoms. The van der Waals surface area contributed by atoms with Crippen LogP contribution in [0.4, 0.5) is 5.69 Å². The molecule has 1 heterocycles. The molecule has 0 aliphatic carbocycles. The molecule has 0 fully saturated rings. The number of rotatable bonds is 4. The molecule has 0 amide bonds. The number of nitrogens with zero attached hydrogens (tertiary/aromatic N) is 3. The second-order valence-electron chi connectivity index (χ2n) is 5.53. The molecule has 1 N–H and O–H groups in total. The summed E-state index contributed by atoms with van der Waals surface area (Å²) in [5, 5.41) is 16.6. The fourth-order valence-corrected chi connectivity index (χ4v) is 3.11. The van der Waals surface area contributed by atoms with Crippen molar-refractivity contribution in [3.05, 3.63) is 60.3 Å². The molecule has 0 aliphatic rings. The molecule has 6 nitrogen and oxygen atoms in total. The molecule has 0 bridgehead atoms. The molecule has 3 aromatic rings. The van der Waals surface area contributed by atoms with E-state index < -0.39 is 9.84 Å². The Hall–Kier alpha value is -2.82. The third-order valence-electron chi connectivity index (χ3n) is 3.80. The van der Waals surface area contributed by atoms with Crippen molar-refractivity contribution in [1.82, 2.24) is 9.78 Å². The summed E-state index contributed by atoms with van der Waals surface area (Å²) in [5.41, 5.74) is 3.56. The first-order valence-electron chi connectivity index (χ1n) is 7.51. The van der Waals surface area contributed by atoms with Crippen LogP contribution in [0, 0.1) is 11.3 Å². The molecule has 3 rings (SSSR count). The van der Waals surface area contributed by atoms with Crippen molar-refractivity contribution in [2.45, 2.75) is 4.90 Å². The van der Waals surface area contributed by atoms with Crippen LogP contribution in [0.25, 0.3) is 16.9 Å².